The summed E-state index contributed by atoms with van der Waals surface area (Å²) < 4.78 is 31.9. The van der Waals surface area contributed by atoms with Gasteiger partial charge in [0.05, 0.1) is 36.6 Å². The van der Waals surface area contributed by atoms with Gasteiger partial charge in [-0.15, -0.1) is 0 Å². The number of likely N-dealkylation sites (tertiary alicyclic amines) is 1. The van der Waals surface area contributed by atoms with Crippen LogP contribution in [0.3, 0.4) is 0 Å². The summed E-state index contributed by atoms with van der Waals surface area (Å²) in [6, 6.07) is 9.41. The number of nitriles is 1. The van der Waals surface area contributed by atoms with Gasteiger partial charge < -0.3 is 19.1 Å². The molecule has 2 aliphatic heterocycles. The van der Waals surface area contributed by atoms with Crippen LogP contribution in [-0.2, 0) is 9.47 Å². The number of rotatable bonds is 3. The molecule has 4 rings (SSSR count). The Morgan fingerprint density at radius 1 is 1.24 bits per heavy atom. The van der Waals surface area contributed by atoms with Crippen LogP contribution < -0.4 is 4.74 Å². The minimum absolute atomic E-state index is 0.0615. The van der Waals surface area contributed by atoms with E-state index in [1.165, 1.54) is 17.0 Å². The number of ether oxygens (including phenoxy) is 3. The number of benzene rings is 1. The maximum absolute atomic E-state index is 14.2. The number of halogens is 1. The van der Waals surface area contributed by atoms with Gasteiger partial charge in [-0.3, -0.25) is 9.78 Å². The van der Waals surface area contributed by atoms with Crippen LogP contribution in [-0.4, -0.2) is 60.4 Å². The van der Waals surface area contributed by atoms with Crippen molar-refractivity contribution >= 4 is 5.91 Å². The van der Waals surface area contributed by atoms with Crippen LogP contribution in [0, 0.1) is 24.1 Å². The zero-order valence-electron chi connectivity index (χ0n) is 15.9. The summed E-state index contributed by atoms with van der Waals surface area (Å²) in [5.41, 5.74) is 1.02. The number of carbonyl (C=O) groups is 1. The number of aryl methyl sites for hydroxylation is 1. The molecule has 8 heteroatoms. The van der Waals surface area contributed by atoms with Gasteiger partial charge in [0, 0.05) is 18.8 Å². The van der Waals surface area contributed by atoms with Crippen molar-refractivity contribution in [3.05, 3.63) is 59.2 Å². The van der Waals surface area contributed by atoms with E-state index in [0.717, 1.165) is 11.8 Å². The van der Waals surface area contributed by atoms with Crippen molar-refractivity contribution < 1.29 is 23.4 Å². The summed E-state index contributed by atoms with van der Waals surface area (Å²) in [6.45, 7) is 3.16. The number of pyridine rings is 1. The molecule has 2 atom stereocenters. The van der Waals surface area contributed by atoms with Gasteiger partial charge in [-0.1, -0.05) is 0 Å². The van der Waals surface area contributed by atoms with Gasteiger partial charge >= 0.3 is 0 Å². The molecule has 2 aromatic rings. The summed E-state index contributed by atoms with van der Waals surface area (Å²) in [5, 5.41) is 8.84. The molecule has 0 unspecified atom stereocenters. The van der Waals surface area contributed by atoms with Crippen molar-refractivity contribution in [2.75, 3.05) is 26.3 Å². The first-order chi connectivity index (χ1) is 14.0. The molecule has 0 bridgehead atoms. The van der Waals surface area contributed by atoms with Crippen molar-refractivity contribution in [2.45, 2.75) is 25.2 Å². The topological polar surface area (TPSA) is 84.7 Å². The van der Waals surface area contributed by atoms with Gasteiger partial charge in [0.25, 0.3) is 5.91 Å². The Morgan fingerprint density at radius 3 is 2.55 bits per heavy atom. The SMILES string of the molecule is Cc1ccc(OC2CO[C@H]3CN(C(=O)c4ccc(C#N)cc4F)C[C@@H]3OC2)cn1. The number of aromatic nitrogens is 1. The van der Waals surface area contributed by atoms with Gasteiger partial charge in [0.2, 0.25) is 0 Å². The number of fused-ring (bicyclic) bond motifs is 1. The number of hydrogen-bond donors (Lipinski definition) is 0. The van der Waals surface area contributed by atoms with E-state index in [1.807, 2.05) is 25.1 Å². The average molecular weight is 397 g/mol. The lowest BCUT2D eigenvalue weighted by Crippen LogP contribution is -2.33. The number of amides is 1. The molecule has 0 aliphatic carbocycles. The molecule has 3 heterocycles. The lowest BCUT2D eigenvalue weighted by Gasteiger charge is -2.20. The Kier molecular flexibility index (Phi) is 5.43. The standard InChI is InChI=1S/C21H20FN3O4/c1-13-2-4-15(8-24-13)29-16-11-27-19-9-25(10-20(19)28-12-16)21(26)17-5-3-14(7-23)6-18(17)22/h2-6,8,16,19-20H,9-12H2,1H3/t19-,20-/m0/s1. The van der Waals surface area contributed by atoms with E-state index >= 15 is 0 Å². The van der Waals surface area contributed by atoms with Crippen molar-refractivity contribution in [3.63, 3.8) is 0 Å². The van der Waals surface area contributed by atoms with Gasteiger partial charge in [0.1, 0.15) is 29.9 Å². The van der Waals surface area contributed by atoms with E-state index in [-0.39, 0.29) is 29.4 Å². The highest BCUT2D eigenvalue weighted by Gasteiger charge is 2.40. The van der Waals surface area contributed by atoms with Crippen molar-refractivity contribution in [3.8, 4) is 11.8 Å². The predicted octanol–water partition coefficient (Wildman–Crippen LogP) is 2.09. The quantitative estimate of drug-likeness (QED) is 0.789. The van der Waals surface area contributed by atoms with Crippen LogP contribution >= 0.6 is 0 Å². The van der Waals surface area contributed by atoms with Crippen LogP contribution in [0.15, 0.2) is 36.5 Å². The van der Waals surface area contributed by atoms with Gasteiger partial charge in [-0.25, -0.2) is 4.39 Å². The molecule has 2 fully saturated rings. The number of carbonyl (C=O) groups excluding carboxylic acids is 1. The van der Waals surface area contributed by atoms with E-state index in [0.29, 0.717) is 32.1 Å². The van der Waals surface area contributed by atoms with Crippen LogP contribution in [0.4, 0.5) is 4.39 Å². The Hall–Kier alpha value is -3.02. The predicted molar refractivity (Wildman–Crippen MR) is 99.9 cm³/mol. The fourth-order valence-electron chi connectivity index (χ4n) is 3.45. The molecule has 1 amide bonds. The molecule has 1 aromatic carbocycles. The fraction of sp³-hybridized carbons (Fsp3) is 0.381. The molecule has 1 aromatic heterocycles. The number of hydrogen-bond acceptors (Lipinski definition) is 6. The Morgan fingerprint density at radius 2 is 1.97 bits per heavy atom. The largest absolute Gasteiger partial charge is 0.484 e. The molecule has 2 aliphatic rings. The molecule has 7 nitrogen and oxygen atoms in total. The molecule has 0 saturated carbocycles. The molecule has 0 radical (unpaired) electrons. The van der Waals surface area contributed by atoms with Crippen LogP contribution in [0.25, 0.3) is 0 Å². The lowest BCUT2D eigenvalue weighted by molar-refractivity contribution is -0.00461. The highest BCUT2D eigenvalue weighted by atomic mass is 19.1. The lowest BCUT2D eigenvalue weighted by atomic mass is 10.1. The van der Waals surface area contributed by atoms with E-state index in [4.69, 9.17) is 19.5 Å². The summed E-state index contributed by atoms with van der Waals surface area (Å²) in [6.07, 6.45) is 0.786. The van der Waals surface area contributed by atoms with Crippen molar-refractivity contribution in [2.24, 2.45) is 0 Å². The first-order valence-electron chi connectivity index (χ1n) is 9.35. The van der Waals surface area contributed by atoms with Gasteiger partial charge in [0.15, 0.2) is 0 Å². The molecule has 2 saturated heterocycles. The molecule has 150 valence electrons. The molecular formula is C21H20FN3O4. The maximum Gasteiger partial charge on any atom is 0.257 e. The Balaban J connectivity index is 1.36. The summed E-state index contributed by atoms with van der Waals surface area (Å²) in [5.74, 6) is -0.498. The summed E-state index contributed by atoms with van der Waals surface area (Å²) in [4.78, 5) is 18.4. The first-order valence-corrected chi connectivity index (χ1v) is 9.35. The third kappa shape index (κ3) is 4.21. The zero-order chi connectivity index (χ0) is 20.4. The van der Waals surface area contributed by atoms with Crippen molar-refractivity contribution in [1.82, 2.24) is 9.88 Å². The number of nitrogens with zero attached hydrogens (tertiary/aromatic N) is 3. The highest BCUT2D eigenvalue weighted by Crippen LogP contribution is 2.24. The second kappa shape index (κ2) is 8.15. The van der Waals surface area contributed by atoms with Crippen molar-refractivity contribution in [1.29, 1.82) is 5.26 Å². The Bertz CT molecular complexity index is 928. The minimum atomic E-state index is -0.705. The minimum Gasteiger partial charge on any atom is -0.484 e. The van der Waals surface area contributed by atoms with Crippen LogP contribution in [0.2, 0.25) is 0 Å². The fourth-order valence-corrected chi connectivity index (χ4v) is 3.45. The van der Waals surface area contributed by atoms with Crippen LogP contribution in [0.5, 0.6) is 5.75 Å². The summed E-state index contributed by atoms with van der Waals surface area (Å²) in [7, 11) is 0. The second-order valence-corrected chi connectivity index (χ2v) is 7.14. The molecule has 0 N–H and O–H groups in total. The monoisotopic (exact) mass is 397 g/mol. The molecular weight excluding hydrogens is 377 g/mol. The smallest absolute Gasteiger partial charge is 0.257 e. The van der Waals surface area contributed by atoms with E-state index in [9.17, 15) is 9.18 Å². The third-order valence-electron chi connectivity index (χ3n) is 5.01. The van der Waals surface area contributed by atoms with Gasteiger partial charge in [-0.05, 0) is 37.3 Å². The Labute approximate surface area is 167 Å². The summed E-state index contributed by atoms with van der Waals surface area (Å²) >= 11 is 0. The second-order valence-electron chi connectivity index (χ2n) is 7.14. The first kappa shape index (κ1) is 19.3. The highest BCUT2D eigenvalue weighted by molar-refractivity contribution is 5.94. The molecule has 0 spiro atoms. The van der Waals surface area contributed by atoms with E-state index in [1.54, 1.807) is 6.20 Å². The van der Waals surface area contributed by atoms with Crippen LogP contribution in [0.1, 0.15) is 21.6 Å². The normalized spacial score (nSPS) is 21.9. The van der Waals surface area contributed by atoms with E-state index in [2.05, 4.69) is 4.98 Å². The van der Waals surface area contributed by atoms with Gasteiger partial charge in [-0.2, -0.15) is 5.26 Å². The molecule has 29 heavy (non-hydrogen) atoms. The zero-order valence-corrected chi connectivity index (χ0v) is 15.9. The third-order valence-corrected chi connectivity index (χ3v) is 5.01. The average Bonchev–Trinajstić information content (AvgIpc) is 3.05. The van der Waals surface area contributed by atoms with E-state index < -0.39 is 11.7 Å². The maximum atomic E-state index is 14.2.